The third kappa shape index (κ3) is 6.00. The molecule has 0 radical (unpaired) electrons. The predicted molar refractivity (Wildman–Crippen MR) is 92.3 cm³/mol. The van der Waals surface area contributed by atoms with Crippen molar-refractivity contribution in [1.82, 2.24) is 0 Å². The highest BCUT2D eigenvalue weighted by atomic mass is 17.2. The standard InChI is InChI=1S/C20H32O2/c1-2-3-4-5-6-7-8-9-10-11-14-19-18-13-12-15-20(19)22-21-17-16-18/h12-13,15H,2-11,14,16-17H2,1H3. The maximum absolute atomic E-state index is 5.38. The Labute approximate surface area is 136 Å². The first-order chi connectivity index (χ1) is 10.9. The molecule has 0 atom stereocenters. The van der Waals surface area contributed by atoms with Gasteiger partial charge in [0.25, 0.3) is 0 Å². The Morgan fingerprint density at radius 2 is 1.55 bits per heavy atom. The summed E-state index contributed by atoms with van der Waals surface area (Å²) in [7, 11) is 0. The van der Waals surface area contributed by atoms with E-state index in [9.17, 15) is 0 Å². The quantitative estimate of drug-likeness (QED) is 0.368. The molecular formula is C20H32O2. The van der Waals surface area contributed by atoms with E-state index in [-0.39, 0.29) is 0 Å². The fourth-order valence-corrected chi connectivity index (χ4v) is 3.25. The molecule has 0 aliphatic carbocycles. The van der Waals surface area contributed by atoms with E-state index < -0.39 is 0 Å². The molecule has 2 heteroatoms. The molecule has 2 rings (SSSR count). The van der Waals surface area contributed by atoms with E-state index in [1.807, 2.05) is 6.07 Å². The van der Waals surface area contributed by atoms with Gasteiger partial charge < -0.3 is 4.89 Å². The van der Waals surface area contributed by atoms with Crippen LogP contribution >= 0.6 is 0 Å². The van der Waals surface area contributed by atoms with E-state index in [0.29, 0.717) is 6.61 Å². The number of fused-ring (bicyclic) bond motifs is 2. The maximum Gasteiger partial charge on any atom is 0.168 e. The summed E-state index contributed by atoms with van der Waals surface area (Å²) in [6.45, 7) is 2.94. The first-order valence-electron chi connectivity index (χ1n) is 9.32. The summed E-state index contributed by atoms with van der Waals surface area (Å²) >= 11 is 0. The summed E-state index contributed by atoms with van der Waals surface area (Å²) in [6.07, 6.45) is 16.0. The van der Waals surface area contributed by atoms with Crippen LogP contribution in [0.2, 0.25) is 0 Å². The van der Waals surface area contributed by atoms with Crippen LogP contribution in [-0.2, 0) is 17.7 Å². The molecule has 1 aromatic rings. The third-order valence-corrected chi connectivity index (χ3v) is 4.61. The van der Waals surface area contributed by atoms with Gasteiger partial charge in [0.2, 0.25) is 0 Å². The lowest BCUT2D eigenvalue weighted by Crippen LogP contribution is -1.96. The first kappa shape index (κ1) is 17.3. The zero-order chi connectivity index (χ0) is 15.5. The average Bonchev–Trinajstić information content (AvgIpc) is 2.64. The van der Waals surface area contributed by atoms with Crippen LogP contribution in [0.15, 0.2) is 18.2 Å². The number of hydrogen-bond acceptors (Lipinski definition) is 2. The van der Waals surface area contributed by atoms with Gasteiger partial charge in [0.05, 0.1) is 6.61 Å². The average molecular weight is 304 g/mol. The van der Waals surface area contributed by atoms with Gasteiger partial charge in [-0.2, -0.15) is 4.89 Å². The molecule has 0 saturated heterocycles. The highest BCUT2D eigenvalue weighted by Gasteiger charge is 2.13. The number of hydrogen-bond donors (Lipinski definition) is 0. The Kier molecular flexibility index (Phi) is 8.40. The topological polar surface area (TPSA) is 18.5 Å². The van der Waals surface area contributed by atoms with Gasteiger partial charge in [-0.25, -0.2) is 0 Å². The second kappa shape index (κ2) is 10.7. The highest BCUT2D eigenvalue weighted by Crippen LogP contribution is 2.27. The molecule has 124 valence electrons. The smallest absolute Gasteiger partial charge is 0.168 e. The molecule has 0 aromatic heterocycles. The first-order valence-corrected chi connectivity index (χ1v) is 9.32. The van der Waals surface area contributed by atoms with Gasteiger partial charge in [0.15, 0.2) is 5.75 Å². The van der Waals surface area contributed by atoms with Crippen molar-refractivity contribution in [3.05, 3.63) is 29.3 Å². The molecule has 1 aromatic carbocycles. The Hall–Kier alpha value is -1.02. The molecule has 1 heterocycles. The summed E-state index contributed by atoms with van der Waals surface area (Å²) in [5, 5.41) is 0. The minimum absolute atomic E-state index is 0.665. The van der Waals surface area contributed by atoms with Crippen LogP contribution in [0.1, 0.15) is 82.3 Å². The third-order valence-electron chi connectivity index (χ3n) is 4.61. The van der Waals surface area contributed by atoms with Crippen molar-refractivity contribution in [3.63, 3.8) is 0 Å². The molecule has 1 aliphatic heterocycles. The SMILES string of the molecule is CCCCCCCCCCCCc1c2cccc1OOCC2. The minimum atomic E-state index is 0.665. The van der Waals surface area contributed by atoms with E-state index in [1.165, 1.54) is 75.3 Å². The summed E-state index contributed by atoms with van der Waals surface area (Å²) in [4.78, 5) is 10.6. The monoisotopic (exact) mass is 304 g/mol. The summed E-state index contributed by atoms with van der Waals surface area (Å²) in [5.41, 5.74) is 2.78. The number of unbranched alkanes of at least 4 members (excludes halogenated alkanes) is 9. The van der Waals surface area contributed by atoms with Gasteiger partial charge >= 0.3 is 0 Å². The zero-order valence-electron chi connectivity index (χ0n) is 14.2. The molecule has 0 fully saturated rings. The van der Waals surface area contributed by atoms with Crippen molar-refractivity contribution >= 4 is 0 Å². The largest absolute Gasteiger partial charge is 0.337 e. The Morgan fingerprint density at radius 3 is 2.27 bits per heavy atom. The Bertz CT molecular complexity index is 390. The van der Waals surface area contributed by atoms with Crippen molar-refractivity contribution in [2.24, 2.45) is 0 Å². The fourth-order valence-electron chi connectivity index (χ4n) is 3.25. The lowest BCUT2D eigenvalue weighted by atomic mass is 9.98. The molecule has 2 nitrogen and oxygen atoms in total. The van der Waals surface area contributed by atoms with E-state index in [4.69, 9.17) is 9.78 Å². The summed E-state index contributed by atoms with van der Waals surface area (Å²) in [6, 6.07) is 6.31. The van der Waals surface area contributed by atoms with Gasteiger partial charge in [0, 0.05) is 12.0 Å². The van der Waals surface area contributed by atoms with Crippen molar-refractivity contribution in [1.29, 1.82) is 0 Å². The number of rotatable bonds is 11. The lowest BCUT2D eigenvalue weighted by Gasteiger charge is -2.09. The van der Waals surface area contributed by atoms with Gasteiger partial charge in [-0.15, -0.1) is 0 Å². The predicted octanol–water partition coefficient (Wildman–Crippen LogP) is 6.02. The summed E-state index contributed by atoms with van der Waals surface area (Å²) < 4.78 is 0. The van der Waals surface area contributed by atoms with Crippen LogP contribution in [0.3, 0.4) is 0 Å². The second-order valence-corrected chi connectivity index (χ2v) is 6.48. The zero-order valence-corrected chi connectivity index (χ0v) is 14.2. The number of benzene rings is 1. The van der Waals surface area contributed by atoms with Crippen LogP contribution in [-0.4, -0.2) is 6.61 Å². The normalized spacial score (nSPS) is 13.7. The Morgan fingerprint density at radius 1 is 0.864 bits per heavy atom. The highest BCUT2D eigenvalue weighted by molar-refractivity contribution is 5.40. The van der Waals surface area contributed by atoms with Gasteiger partial charge in [0.1, 0.15) is 0 Å². The van der Waals surface area contributed by atoms with E-state index in [1.54, 1.807) is 0 Å². The molecule has 0 spiro atoms. The molecule has 0 unspecified atom stereocenters. The van der Waals surface area contributed by atoms with Crippen LogP contribution < -0.4 is 4.89 Å². The van der Waals surface area contributed by atoms with Gasteiger partial charge in [-0.3, -0.25) is 0 Å². The minimum Gasteiger partial charge on any atom is -0.337 e. The van der Waals surface area contributed by atoms with Gasteiger partial charge in [-0.05, 0) is 24.5 Å². The van der Waals surface area contributed by atoms with Crippen molar-refractivity contribution in [2.45, 2.75) is 84.0 Å². The van der Waals surface area contributed by atoms with Crippen LogP contribution in [0.4, 0.5) is 0 Å². The lowest BCUT2D eigenvalue weighted by molar-refractivity contribution is -0.203. The van der Waals surface area contributed by atoms with Gasteiger partial charge in [-0.1, -0.05) is 76.8 Å². The van der Waals surface area contributed by atoms with Crippen LogP contribution in [0.5, 0.6) is 5.75 Å². The van der Waals surface area contributed by atoms with Crippen LogP contribution in [0.25, 0.3) is 0 Å². The van der Waals surface area contributed by atoms with Crippen LogP contribution in [0, 0.1) is 0 Å². The Balaban J connectivity index is 1.56. The van der Waals surface area contributed by atoms with E-state index in [2.05, 4.69) is 19.1 Å². The molecule has 1 aliphatic rings. The van der Waals surface area contributed by atoms with Crippen molar-refractivity contribution < 1.29 is 9.78 Å². The molecule has 0 N–H and O–H groups in total. The summed E-state index contributed by atoms with van der Waals surface area (Å²) in [5.74, 6) is 0.936. The molecular weight excluding hydrogens is 272 g/mol. The molecule has 0 saturated carbocycles. The van der Waals surface area contributed by atoms with E-state index >= 15 is 0 Å². The second-order valence-electron chi connectivity index (χ2n) is 6.48. The molecule has 0 amide bonds. The van der Waals surface area contributed by atoms with Crippen molar-refractivity contribution in [3.8, 4) is 5.75 Å². The van der Waals surface area contributed by atoms with E-state index in [0.717, 1.165) is 18.6 Å². The maximum atomic E-state index is 5.38. The molecule has 2 bridgehead atoms. The molecule has 22 heavy (non-hydrogen) atoms. The fraction of sp³-hybridized carbons (Fsp3) is 0.700. The van der Waals surface area contributed by atoms with Crippen molar-refractivity contribution in [2.75, 3.05) is 6.61 Å².